The molecule has 0 spiro atoms. The van der Waals surface area contributed by atoms with E-state index in [0.29, 0.717) is 5.69 Å². The highest BCUT2D eigenvalue weighted by Crippen LogP contribution is 2.16. The second-order valence-corrected chi connectivity index (χ2v) is 4.46. The third kappa shape index (κ3) is 3.49. The van der Waals surface area contributed by atoms with Gasteiger partial charge in [-0.05, 0) is 40.6 Å². The zero-order chi connectivity index (χ0) is 12.8. The van der Waals surface area contributed by atoms with E-state index in [9.17, 15) is 4.79 Å². The highest BCUT2D eigenvalue weighted by molar-refractivity contribution is 7.07. The molecule has 94 valence electrons. The lowest BCUT2D eigenvalue weighted by molar-refractivity contribution is 0.187. The van der Waals surface area contributed by atoms with Gasteiger partial charge in [-0.1, -0.05) is 6.07 Å². The predicted octanol–water partition coefficient (Wildman–Crippen LogP) is 3.54. The number of ether oxygens (including phenoxy) is 1. The summed E-state index contributed by atoms with van der Waals surface area (Å²) >= 11 is 1.68. The van der Waals surface area contributed by atoms with Crippen molar-refractivity contribution in [2.24, 2.45) is 0 Å². The van der Waals surface area contributed by atoms with Gasteiger partial charge < -0.3 is 10.1 Å². The highest BCUT2D eigenvalue weighted by atomic mass is 32.1. The first-order chi connectivity index (χ1) is 8.78. The fourth-order valence-corrected chi connectivity index (χ4v) is 2.14. The molecule has 1 aromatic carbocycles. The summed E-state index contributed by atoms with van der Waals surface area (Å²) in [5.41, 5.74) is 2.90. The summed E-state index contributed by atoms with van der Waals surface area (Å²) in [6.07, 6.45) is -0.468. The van der Waals surface area contributed by atoms with Gasteiger partial charge in [-0.15, -0.1) is 0 Å². The smallest absolute Gasteiger partial charge is 0.411 e. The van der Waals surface area contributed by atoms with Gasteiger partial charge in [0.1, 0.15) is 0 Å². The topological polar surface area (TPSA) is 50.4 Å². The Bertz CT molecular complexity index is 511. The van der Waals surface area contributed by atoms with Crippen molar-refractivity contribution < 1.29 is 9.53 Å². The molecule has 1 aromatic heterocycles. The van der Waals surface area contributed by atoms with Crippen molar-refractivity contribution in [2.75, 3.05) is 17.7 Å². The molecule has 0 atom stereocenters. The Morgan fingerprint density at radius 1 is 1.33 bits per heavy atom. The second kappa shape index (κ2) is 6.07. The van der Waals surface area contributed by atoms with Crippen LogP contribution in [0.5, 0.6) is 0 Å². The number of methoxy groups -OCH3 is 1. The fraction of sp³-hybridized carbons (Fsp3) is 0.154. The second-order valence-electron chi connectivity index (χ2n) is 3.68. The Morgan fingerprint density at radius 2 is 2.17 bits per heavy atom. The summed E-state index contributed by atoms with van der Waals surface area (Å²) in [4.78, 5) is 11.1. The summed E-state index contributed by atoms with van der Waals surface area (Å²) in [5.74, 6) is 0. The molecular formula is C13H14N2O2S. The van der Waals surface area contributed by atoms with E-state index in [-0.39, 0.29) is 0 Å². The van der Waals surface area contributed by atoms with Crippen LogP contribution in [-0.2, 0) is 11.3 Å². The van der Waals surface area contributed by atoms with Gasteiger partial charge in [0, 0.05) is 17.9 Å². The Hall–Kier alpha value is -2.01. The molecule has 2 rings (SSSR count). The highest BCUT2D eigenvalue weighted by Gasteiger charge is 2.01. The molecule has 1 heterocycles. The van der Waals surface area contributed by atoms with Crippen LogP contribution in [0.3, 0.4) is 0 Å². The standard InChI is InChI=1S/C13H14N2O2S/c1-17-13(16)15-12-4-2-3-11(7-12)14-8-10-5-6-18-9-10/h2-7,9,14H,8H2,1H3,(H,15,16). The van der Waals surface area contributed by atoms with Crippen molar-refractivity contribution in [2.45, 2.75) is 6.54 Å². The third-order valence-electron chi connectivity index (χ3n) is 2.37. The minimum absolute atomic E-state index is 0.468. The van der Waals surface area contributed by atoms with Crippen LogP contribution in [0.2, 0.25) is 0 Å². The molecule has 0 radical (unpaired) electrons. The van der Waals surface area contributed by atoms with Crippen molar-refractivity contribution in [1.29, 1.82) is 0 Å². The lowest BCUT2D eigenvalue weighted by Crippen LogP contribution is -2.11. The van der Waals surface area contributed by atoms with Crippen molar-refractivity contribution in [3.63, 3.8) is 0 Å². The maximum atomic E-state index is 11.1. The summed E-state index contributed by atoms with van der Waals surface area (Å²) in [7, 11) is 1.34. The number of nitrogens with one attached hydrogen (secondary N) is 2. The van der Waals surface area contributed by atoms with Crippen LogP contribution >= 0.6 is 11.3 Å². The van der Waals surface area contributed by atoms with E-state index in [2.05, 4.69) is 26.8 Å². The first-order valence-electron chi connectivity index (χ1n) is 5.48. The normalized spacial score (nSPS) is 9.83. The van der Waals surface area contributed by atoms with Gasteiger partial charge in [0.25, 0.3) is 0 Å². The maximum absolute atomic E-state index is 11.1. The Labute approximate surface area is 110 Å². The number of thiophene rings is 1. The number of hydrogen-bond acceptors (Lipinski definition) is 4. The Morgan fingerprint density at radius 3 is 2.89 bits per heavy atom. The molecule has 18 heavy (non-hydrogen) atoms. The van der Waals surface area contributed by atoms with Crippen LogP contribution in [0.25, 0.3) is 0 Å². The van der Waals surface area contributed by atoms with E-state index < -0.39 is 6.09 Å². The quantitative estimate of drug-likeness (QED) is 0.886. The molecule has 0 unspecified atom stereocenters. The van der Waals surface area contributed by atoms with Crippen LogP contribution < -0.4 is 10.6 Å². The van der Waals surface area contributed by atoms with Gasteiger partial charge >= 0.3 is 6.09 Å². The van der Waals surface area contributed by atoms with E-state index in [0.717, 1.165) is 12.2 Å². The van der Waals surface area contributed by atoms with Crippen LogP contribution in [0.15, 0.2) is 41.1 Å². The van der Waals surface area contributed by atoms with Crippen molar-refractivity contribution >= 4 is 28.8 Å². The Kier molecular flexibility index (Phi) is 4.20. The van der Waals surface area contributed by atoms with E-state index in [1.54, 1.807) is 11.3 Å². The number of anilines is 2. The fourth-order valence-electron chi connectivity index (χ4n) is 1.47. The zero-order valence-corrected chi connectivity index (χ0v) is 10.8. The lowest BCUT2D eigenvalue weighted by atomic mass is 10.2. The average molecular weight is 262 g/mol. The van der Waals surface area contributed by atoms with Gasteiger partial charge in [0.15, 0.2) is 0 Å². The number of carbonyl (C=O) groups is 1. The number of hydrogen-bond donors (Lipinski definition) is 2. The van der Waals surface area contributed by atoms with Gasteiger partial charge in [0.2, 0.25) is 0 Å². The SMILES string of the molecule is COC(=O)Nc1cccc(NCc2ccsc2)c1. The average Bonchev–Trinajstić information content (AvgIpc) is 2.90. The molecule has 4 nitrogen and oxygen atoms in total. The minimum atomic E-state index is -0.468. The molecule has 5 heteroatoms. The van der Waals surface area contributed by atoms with Crippen molar-refractivity contribution in [3.05, 3.63) is 46.7 Å². The minimum Gasteiger partial charge on any atom is -0.453 e. The van der Waals surface area contributed by atoms with E-state index in [4.69, 9.17) is 0 Å². The van der Waals surface area contributed by atoms with Crippen LogP contribution in [0, 0.1) is 0 Å². The molecule has 2 aromatic rings. The molecule has 0 bridgehead atoms. The van der Waals surface area contributed by atoms with E-state index in [1.807, 2.05) is 29.6 Å². The van der Waals surface area contributed by atoms with Crippen LogP contribution in [-0.4, -0.2) is 13.2 Å². The van der Waals surface area contributed by atoms with Crippen LogP contribution in [0.4, 0.5) is 16.2 Å². The number of benzene rings is 1. The van der Waals surface area contributed by atoms with Crippen LogP contribution in [0.1, 0.15) is 5.56 Å². The summed E-state index contributed by atoms with van der Waals surface area (Å²) in [6, 6.07) is 9.58. The maximum Gasteiger partial charge on any atom is 0.411 e. The first kappa shape index (κ1) is 12.4. The van der Waals surface area contributed by atoms with E-state index in [1.165, 1.54) is 12.7 Å². The van der Waals surface area contributed by atoms with Gasteiger partial charge in [-0.25, -0.2) is 4.79 Å². The molecule has 1 amide bonds. The van der Waals surface area contributed by atoms with Crippen molar-refractivity contribution in [1.82, 2.24) is 0 Å². The zero-order valence-electron chi connectivity index (χ0n) is 9.97. The molecule has 0 fully saturated rings. The first-order valence-corrected chi connectivity index (χ1v) is 6.42. The van der Waals surface area contributed by atoms with E-state index >= 15 is 0 Å². The molecule has 0 aliphatic heterocycles. The molecule has 0 aliphatic rings. The number of carbonyl (C=O) groups excluding carboxylic acids is 1. The number of amides is 1. The summed E-state index contributed by atoms with van der Waals surface area (Å²) < 4.78 is 4.54. The predicted molar refractivity (Wildman–Crippen MR) is 74.1 cm³/mol. The van der Waals surface area contributed by atoms with Crippen molar-refractivity contribution in [3.8, 4) is 0 Å². The molecule has 2 N–H and O–H groups in total. The van der Waals surface area contributed by atoms with Gasteiger partial charge in [-0.2, -0.15) is 11.3 Å². The molecule has 0 saturated heterocycles. The largest absolute Gasteiger partial charge is 0.453 e. The van der Waals surface area contributed by atoms with Gasteiger partial charge in [0.05, 0.1) is 7.11 Å². The molecule has 0 saturated carbocycles. The summed E-state index contributed by atoms with van der Waals surface area (Å²) in [5, 5.41) is 10.1. The van der Waals surface area contributed by atoms with Gasteiger partial charge in [-0.3, -0.25) is 5.32 Å². The molecular weight excluding hydrogens is 248 g/mol. The Balaban J connectivity index is 1.96. The third-order valence-corrected chi connectivity index (χ3v) is 3.10. The number of rotatable bonds is 4. The monoisotopic (exact) mass is 262 g/mol. The summed E-state index contributed by atoms with van der Waals surface area (Å²) in [6.45, 7) is 0.769. The lowest BCUT2D eigenvalue weighted by Gasteiger charge is -2.08. The molecule has 0 aliphatic carbocycles.